The van der Waals surface area contributed by atoms with E-state index in [1.807, 2.05) is 0 Å². The van der Waals surface area contributed by atoms with Crippen molar-refractivity contribution in [2.24, 2.45) is 5.41 Å². The van der Waals surface area contributed by atoms with E-state index in [1.54, 1.807) is 0 Å². The van der Waals surface area contributed by atoms with Crippen LogP contribution in [0.1, 0.15) is 19.3 Å². The molecule has 0 amide bonds. The van der Waals surface area contributed by atoms with Crippen LogP contribution in [-0.2, 0) is 0 Å². The molecule has 1 heterocycles. The van der Waals surface area contributed by atoms with Gasteiger partial charge in [0.15, 0.2) is 0 Å². The van der Waals surface area contributed by atoms with Gasteiger partial charge in [-0.05, 0) is 18.3 Å². The fourth-order valence-corrected chi connectivity index (χ4v) is 2.38. The number of rotatable bonds is 3. The van der Waals surface area contributed by atoms with Gasteiger partial charge in [-0.15, -0.1) is 0 Å². The number of nitrogens with zero attached hydrogens (tertiary/aromatic N) is 1. The molecule has 70 valence electrons. The molecule has 1 atom stereocenters. The Balaban J connectivity index is 1.67. The van der Waals surface area contributed by atoms with Crippen molar-refractivity contribution in [3.63, 3.8) is 0 Å². The Morgan fingerprint density at radius 3 is 2.42 bits per heavy atom. The Morgan fingerprint density at radius 1 is 1.33 bits per heavy atom. The van der Waals surface area contributed by atoms with Crippen LogP contribution in [0.15, 0.2) is 0 Å². The van der Waals surface area contributed by atoms with Gasteiger partial charge < -0.3 is 10.2 Å². The molecular weight excluding hydrogens is 154 g/mol. The van der Waals surface area contributed by atoms with Crippen molar-refractivity contribution < 1.29 is 10.2 Å². The average Bonchev–Trinajstić information content (AvgIpc) is 1.91. The van der Waals surface area contributed by atoms with E-state index >= 15 is 0 Å². The minimum absolute atomic E-state index is 0.108. The van der Waals surface area contributed by atoms with Crippen molar-refractivity contribution in [2.45, 2.75) is 25.4 Å². The minimum atomic E-state index is -0.539. The van der Waals surface area contributed by atoms with Crippen LogP contribution in [0.3, 0.4) is 0 Å². The van der Waals surface area contributed by atoms with Crippen LogP contribution >= 0.6 is 0 Å². The van der Waals surface area contributed by atoms with Gasteiger partial charge in [0.2, 0.25) is 0 Å². The molecule has 2 rings (SSSR count). The van der Waals surface area contributed by atoms with Crippen LogP contribution in [0.5, 0.6) is 0 Å². The SMILES string of the molecule is OCC(O)CN1CC2(CCC2)C1. The predicted octanol–water partition coefficient (Wildman–Crippen LogP) is -0.175. The fraction of sp³-hybridized carbons (Fsp3) is 1.00. The first kappa shape index (κ1) is 8.48. The van der Waals surface area contributed by atoms with E-state index in [4.69, 9.17) is 10.2 Å². The topological polar surface area (TPSA) is 43.7 Å². The molecule has 0 aromatic heterocycles. The summed E-state index contributed by atoms with van der Waals surface area (Å²) in [6.07, 6.45) is 3.59. The van der Waals surface area contributed by atoms with E-state index in [-0.39, 0.29) is 6.61 Å². The summed E-state index contributed by atoms with van der Waals surface area (Å²) < 4.78 is 0. The maximum atomic E-state index is 9.16. The Labute approximate surface area is 73.0 Å². The maximum absolute atomic E-state index is 9.16. The summed E-state index contributed by atoms with van der Waals surface area (Å²) in [7, 11) is 0. The van der Waals surface area contributed by atoms with Gasteiger partial charge in [-0.3, -0.25) is 4.90 Å². The van der Waals surface area contributed by atoms with Crippen molar-refractivity contribution >= 4 is 0 Å². The molecule has 3 heteroatoms. The lowest BCUT2D eigenvalue weighted by Crippen LogP contribution is -2.61. The molecule has 1 saturated carbocycles. The first-order valence-electron chi connectivity index (χ1n) is 4.75. The molecule has 12 heavy (non-hydrogen) atoms. The lowest BCUT2D eigenvalue weighted by molar-refractivity contribution is -0.0811. The van der Waals surface area contributed by atoms with Crippen LogP contribution in [-0.4, -0.2) is 47.5 Å². The van der Waals surface area contributed by atoms with Gasteiger partial charge in [0.1, 0.15) is 0 Å². The zero-order valence-electron chi connectivity index (χ0n) is 7.37. The van der Waals surface area contributed by atoms with Crippen molar-refractivity contribution in [1.29, 1.82) is 0 Å². The highest BCUT2D eigenvalue weighted by atomic mass is 16.3. The summed E-state index contributed by atoms with van der Waals surface area (Å²) in [5, 5.41) is 17.8. The normalized spacial score (nSPS) is 29.5. The van der Waals surface area contributed by atoms with Gasteiger partial charge in [0, 0.05) is 19.6 Å². The summed E-state index contributed by atoms with van der Waals surface area (Å²) in [5.74, 6) is 0. The molecule has 1 saturated heterocycles. The second-order valence-corrected chi connectivity index (χ2v) is 4.36. The quantitative estimate of drug-likeness (QED) is 0.619. The molecular formula is C9H17NO2. The summed E-state index contributed by atoms with van der Waals surface area (Å²) in [4.78, 5) is 2.24. The van der Waals surface area contributed by atoms with Crippen LogP contribution in [0.25, 0.3) is 0 Å². The smallest absolute Gasteiger partial charge is 0.0897 e. The Hall–Kier alpha value is -0.120. The van der Waals surface area contributed by atoms with E-state index in [0.29, 0.717) is 12.0 Å². The van der Waals surface area contributed by atoms with Crippen molar-refractivity contribution in [1.82, 2.24) is 4.90 Å². The second kappa shape index (κ2) is 2.98. The molecule has 3 nitrogen and oxygen atoms in total. The van der Waals surface area contributed by atoms with E-state index < -0.39 is 6.10 Å². The van der Waals surface area contributed by atoms with Crippen molar-refractivity contribution in [3.8, 4) is 0 Å². The molecule has 2 fully saturated rings. The molecule has 1 aliphatic carbocycles. The molecule has 1 spiro atoms. The van der Waals surface area contributed by atoms with E-state index in [1.165, 1.54) is 19.3 Å². The molecule has 0 aromatic carbocycles. The lowest BCUT2D eigenvalue weighted by Gasteiger charge is -2.56. The molecule has 0 radical (unpaired) electrons. The molecule has 0 bridgehead atoms. The van der Waals surface area contributed by atoms with E-state index in [9.17, 15) is 0 Å². The number of β-amino-alcohol motifs (C(OH)–C–C–N with tert-alkyl or cyclic N) is 1. The molecule has 2 N–H and O–H groups in total. The van der Waals surface area contributed by atoms with Gasteiger partial charge in [-0.25, -0.2) is 0 Å². The molecule has 1 aliphatic heterocycles. The largest absolute Gasteiger partial charge is 0.394 e. The third kappa shape index (κ3) is 1.37. The number of hydrogen-bond donors (Lipinski definition) is 2. The zero-order chi connectivity index (χ0) is 8.60. The number of aliphatic hydroxyl groups is 2. The van der Waals surface area contributed by atoms with Crippen LogP contribution < -0.4 is 0 Å². The van der Waals surface area contributed by atoms with Crippen molar-refractivity contribution in [2.75, 3.05) is 26.2 Å². The van der Waals surface area contributed by atoms with Gasteiger partial charge in [0.25, 0.3) is 0 Å². The van der Waals surface area contributed by atoms with Gasteiger partial charge >= 0.3 is 0 Å². The zero-order valence-corrected chi connectivity index (χ0v) is 7.37. The molecule has 1 unspecified atom stereocenters. The monoisotopic (exact) mass is 171 g/mol. The summed E-state index contributed by atoms with van der Waals surface area (Å²) in [6, 6.07) is 0. The average molecular weight is 171 g/mol. The molecule has 0 aromatic rings. The first-order valence-corrected chi connectivity index (χ1v) is 4.75. The highest BCUT2D eigenvalue weighted by molar-refractivity contribution is 5.00. The van der Waals surface area contributed by atoms with E-state index in [0.717, 1.165) is 13.1 Å². The summed E-state index contributed by atoms with van der Waals surface area (Å²) in [5.41, 5.74) is 0.634. The van der Waals surface area contributed by atoms with E-state index in [2.05, 4.69) is 4.90 Å². The molecule has 2 aliphatic rings. The Kier molecular flexibility index (Phi) is 2.10. The standard InChI is InChI=1S/C9H17NO2/c11-5-8(12)4-10-6-9(7-10)2-1-3-9/h8,11-12H,1-7H2. The number of likely N-dealkylation sites (tertiary alicyclic amines) is 1. The van der Waals surface area contributed by atoms with Gasteiger partial charge in [-0.2, -0.15) is 0 Å². The third-order valence-corrected chi connectivity index (χ3v) is 3.21. The maximum Gasteiger partial charge on any atom is 0.0897 e. The van der Waals surface area contributed by atoms with Crippen LogP contribution in [0, 0.1) is 5.41 Å². The van der Waals surface area contributed by atoms with Crippen molar-refractivity contribution in [3.05, 3.63) is 0 Å². The van der Waals surface area contributed by atoms with Gasteiger partial charge in [0.05, 0.1) is 12.7 Å². The summed E-state index contributed by atoms with van der Waals surface area (Å²) >= 11 is 0. The second-order valence-electron chi connectivity index (χ2n) is 4.36. The summed E-state index contributed by atoms with van der Waals surface area (Å²) in [6.45, 7) is 2.83. The first-order chi connectivity index (χ1) is 5.74. The van der Waals surface area contributed by atoms with Crippen LogP contribution in [0.2, 0.25) is 0 Å². The lowest BCUT2D eigenvalue weighted by atomic mass is 9.63. The minimum Gasteiger partial charge on any atom is -0.394 e. The highest BCUT2D eigenvalue weighted by Gasteiger charge is 2.47. The fourth-order valence-electron chi connectivity index (χ4n) is 2.38. The number of hydrogen-bond acceptors (Lipinski definition) is 3. The third-order valence-electron chi connectivity index (χ3n) is 3.21. The van der Waals surface area contributed by atoms with Gasteiger partial charge in [-0.1, -0.05) is 6.42 Å². The predicted molar refractivity (Wildman–Crippen MR) is 45.8 cm³/mol. The number of aliphatic hydroxyl groups excluding tert-OH is 2. The Morgan fingerprint density at radius 2 is 2.00 bits per heavy atom. The highest BCUT2D eigenvalue weighted by Crippen LogP contribution is 2.47. The Bertz CT molecular complexity index is 157. The van der Waals surface area contributed by atoms with Crippen LogP contribution in [0.4, 0.5) is 0 Å².